The van der Waals surface area contributed by atoms with E-state index in [0.29, 0.717) is 5.69 Å². The Kier molecular flexibility index (Phi) is 6.03. The molecule has 1 amide bonds. The number of carbonyl (C=O) groups is 1. The molecule has 1 saturated heterocycles. The number of hydrogen-bond acceptors (Lipinski definition) is 7. The standard InChI is InChI=1S/C22H22F3N7O/c23-22(24,25)14-10-13(11-29-20(14)27)16-5-4-15(26)19(30-16)21(33)31-17-12-28-7-6-18(17)32-8-2-1-3-9-32/h4-7,10-12H,1-3,8-9,26H2,(H2,27,29)(H,31,33). The molecule has 0 aromatic carbocycles. The van der Waals surface area contributed by atoms with Crippen molar-refractivity contribution in [3.8, 4) is 11.3 Å². The van der Waals surface area contributed by atoms with Gasteiger partial charge < -0.3 is 21.7 Å². The van der Waals surface area contributed by atoms with Crippen molar-refractivity contribution in [2.45, 2.75) is 25.4 Å². The fourth-order valence-electron chi connectivity index (χ4n) is 3.73. The number of anilines is 4. The fraction of sp³-hybridized carbons (Fsp3) is 0.273. The first-order chi connectivity index (χ1) is 15.7. The zero-order valence-corrected chi connectivity index (χ0v) is 17.6. The highest BCUT2D eigenvalue weighted by molar-refractivity contribution is 6.07. The average molecular weight is 457 g/mol. The van der Waals surface area contributed by atoms with Gasteiger partial charge in [0.2, 0.25) is 0 Å². The SMILES string of the molecule is Nc1ccc(-c2cnc(N)c(C(F)(F)F)c2)nc1C(=O)Nc1cnccc1N1CCCCC1. The monoisotopic (exact) mass is 457 g/mol. The van der Waals surface area contributed by atoms with E-state index in [1.165, 1.54) is 18.3 Å². The van der Waals surface area contributed by atoms with Crippen molar-refractivity contribution in [3.63, 3.8) is 0 Å². The molecule has 0 unspecified atom stereocenters. The van der Waals surface area contributed by atoms with Crippen LogP contribution in [0.2, 0.25) is 0 Å². The maximum absolute atomic E-state index is 13.2. The van der Waals surface area contributed by atoms with E-state index in [2.05, 4.69) is 25.2 Å². The van der Waals surface area contributed by atoms with Gasteiger partial charge in [0.25, 0.3) is 5.91 Å². The molecule has 0 saturated carbocycles. The molecule has 5 N–H and O–H groups in total. The van der Waals surface area contributed by atoms with Gasteiger partial charge in [-0.3, -0.25) is 9.78 Å². The van der Waals surface area contributed by atoms with Crippen molar-refractivity contribution in [1.29, 1.82) is 0 Å². The van der Waals surface area contributed by atoms with Crippen LogP contribution in [0.15, 0.2) is 42.9 Å². The lowest BCUT2D eigenvalue weighted by atomic mass is 10.1. The van der Waals surface area contributed by atoms with E-state index in [-0.39, 0.29) is 22.6 Å². The zero-order chi connectivity index (χ0) is 23.6. The average Bonchev–Trinajstić information content (AvgIpc) is 2.80. The summed E-state index contributed by atoms with van der Waals surface area (Å²) in [6.45, 7) is 1.74. The summed E-state index contributed by atoms with van der Waals surface area (Å²) in [6, 6.07) is 5.50. The van der Waals surface area contributed by atoms with Gasteiger partial charge in [-0.2, -0.15) is 13.2 Å². The van der Waals surface area contributed by atoms with Crippen molar-refractivity contribution < 1.29 is 18.0 Å². The number of amides is 1. The van der Waals surface area contributed by atoms with Crippen LogP contribution in [0.1, 0.15) is 35.3 Å². The largest absolute Gasteiger partial charge is 0.419 e. The Bertz CT molecular complexity index is 1180. The third kappa shape index (κ3) is 4.81. The minimum absolute atomic E-state index is 0.0564. The topological polar surface area (TPSA) is 123 Å². The van der Waals surface area contributed by atoms with Crippen LogP contribution in [0.25, 0.3) is 11.3 Å². The third-order valence-electron chi connectivity index (χ3n) is 5.40. The molecule has 0 atom stereocenters. The van der Waals surface area contributed by atoms with Crippen molar-refractivity contribution in [2.24, 2.45) is 0 Å². The van der Waals surface area contributed by atoms with Crippen molar-refractivity contribution in [1.82, 2.24) is 15.0 Å². The van der Waals surface area contributed by atoms with Crippen molar-refractivity contribution in [2.75, 3.05) is 34.8 Å². The number of nitrogen functional groups attached to an aromatic ring is 2. The molecule has 0 spiro atoms. The highest BCUT2D eigenvalue weighted by Crippen LogP contribution is 2.35. The number of rotatable bonds is 4. The van der Waals surface area contributed by atoms with Crippen LogP contribution in [0.3, 0.4) is 0 Å². The second kappa shape index (κ2) is 8.93. The molecule has 172 valence electrons. The molecule has 4 rings (SSSR count). The highest BCUT2D eigenvalue weighted by Gasteiger charge is 2.34. The summed E-state index contributed by atoms with van der Waals surface area (Å²) in [5.41, 5.74) is 11.7. The normalized spacial score (nSPS) is 14.2. The van der Waals surface area contributed by atoms with E-state index in [4.69, 9.17) is 11.5 Å². The van der Waals surface area contributed by atoms with Gasteiger partial charge in [-0.25, -0.2) is 9.97 Å². The van der Waals surface area contributed by atoms with Gasteiger partial charge >= 0.3 is 6.18 Å². The molecule has 0 radical (unpaired) electrons. The molecule has 0 aliphatic carbocycles. The molecule has 11 heteroatoms. The maximum atomic E-state index is 13.2. The number of hydrogen-bond donors (Lipinski definition) is 3. The molecule has 1 aliphatic rings. The van der Waals surface area contributed by atoms with Gasteiger partial charge in [0.1, 0.15) is 5.82 Å². The summed E-state index contributed by atoms with van der Waals surface area (Å²) in [4.78, 5) is 27.1. The summed E-state index contributed by atoms with van der Waals surface area (Å²) < 4.78 is 39.6. The Hall–Kier alpha value is -3.89. The Morgan fingerprint density at radius 2 is 1.82 bits per heavy atom. The van der Waals surface area contributed by atoms with Gasteiger partial charge in [-0.05, 0) is 43.5 Å². The van der Waals surface area contributed by atoms with Gasteiger partial charge in [0, 0.05) is 31.0 Å². The second-order valence-corrected chi connectivity index (χ2v) is 7.68. The van der Waals surface area contributed by atoms with Gasteiger partial charge in [0.05, 0.1) is 34.5 Å². The van der Waals surface area contributed by atoms with Gasteiger partial charge in [-0.15, -0.1) is 0 Å². The van der Waals surface area contributed by atoms with Crippen molar-refractivity contribution >= 4 is 28.8 Å². The molecule has 8 nitrogen and oxygen atoms in total. The van der Waals surface area contributed by atoms with E-state index >= 15 is 0 Å². The van der Waals surface area contributed by atoms with Crippen molar-refractivity contribution in [3.05, 3.63) is 54.1 Å². The predicted molar refractivity (Wildman–Crippen MR) is 120 cm³/mol. The number of nitrogens with zero attached hydrogens (tertiary/aromatic N) is 4. The number of halogens is 3. The van der Waals surface area contributed by atoms with Crippen LogP contribution >= 0.6 is 0 Å². The molecule has 4 heterocycles. The van der Waals surface area contributed by atoms with Gasteiger partial charge in [-0.1, -0.05) is 0 Å². The summed E-state index contributed by atoms with van der Waals surface area (Å²) in [6.07, 6.45) is 2.96. The molecule has 1 fully saturated rings. The Morgan fingerprint density at radius 1 is 1.06 bits per heavy atom. The lowest BCUT2D eigenvalue weighted by molar-refractivity contribution is -0.137. The smallest absolute Gasteiger partial charge is 0.397 e. The Labute approximate surface area is 187 Å². The van der Waals surface area contributed by atoms with Crippen LogP contribution in [0.4, 0.5) is 36.1 Å². The summed E-state index contributed by atoms with van der Waals surface area (Å²) in [5.74, 6) is -1.23. The third-order valence-corrected chi connectivity index (χ3v) is 5.40. The molecule has 0 bridgehead atoms. The number of aromatic nitrogens is 3. The summed E-state index contributed by atoms with van der Waals surface area (Å²) in [5, 5.41) is 2.79. The second-order valence-electron chi connectivity index (χ2n) is 7.68. The first-order valence-electron chi connectivity index (χ1n) is 10.3. The van der Waals surface area contributed by atoms with Crippen LogP contribution in [-0.4, -0.2) is 33.9 Å². The number of piperidine rings is 1. The molecule has 3 aromatic heterocycles. The first kappa shape index (κ1) is 22.3. The molecule has 3 aromatic rings. The quantitative estimate of drug-likeness (QED) is 0.542. The predicted octanol–water partition coefficient (Wildman–Crippen LogP) is 3.96. The molecule has 33 heavy (non-hydrogen) atoms. The number of nitrogens with two attached hydrogens (primary N) is 2. The first-order valence-corrected chi connectivity index (χ1v) is 10.3. The lowest BCUT2D eigenvalue weighted by Gasteiger charge is -2.30. The maximum Gasteiger partial charge on any atom is 0.419 e. The highest BCUT2D eigenvalue weighted by atomic mass is 19.4. The molecular formula is C22H22F3N7O. The van der Waals surface area contributed by atoms with E-state index in [0.717, 1.165) is 44.1 Å². The number of nitrogens with one attached hydrogen (secondary N) is 1. The minimum atomic E-state index is -4.67. The molecular weight excluding hydrogens is 435 g/mol. The van der Waals surface area contributed by atoms with Crippen LogP contribution in [0, 0.1) is 0 Å². The number of pyridine rings is 3. The molecule has 1 aliphatic heterocycles. The summed E-state index contributed by atoms with van der Waals surface area (Å²) in [7, 11) is 0. The van der Waals surface area contributed by atoms with Crippen LogP contribution < -0.4 is 21.7 Å². The zero-order valence-electron chi connectivity index (χ0n) is 17.6. The minimum Gasteiger partial charge on any atom is -0.397 e. The van der Waals surface area contributed by atoms with E-state index in [1.807, 2.05) is 6.07 Å². The Morgan fingerprint density at radius 3 is 2.55 bits per heavy atom. The van der Waals surface area contributed by atoms with Crippen LogP contribution in [-0.2, 0) is 6.18 Å². The van der Waals surface area contributed by atoms with E-state index in [1.54, 1.807) is 12.4 Å². The fourth-order valence-corrected chi connectivity index (χ4v) is 3.73. The Balaban J connectivity index is 1.64. The summed E-state index contributed by atoms with van der Waals surface area (Å²) >= 11 is 0. The van der Waals surface area contributed by atoms with E-state index in [9.17, 15) is 18.0 Å². The van der Waals surface area contributed by atoms with Crippen LogP contribution in [0.5, 0.6) is 0 Å². The number of carbonyl (C=O) groups excluding carboxylic acids is 1. The van der Waals surface area contributed by atoms with Gasteiger partial charge in [0.15, 0.2) is 5.69 Å². The lowest BCUT2D eigenvalue weighted by Crippen LogP contribution is -2.30. The number of alkyl halides is 3. The van der Waals surface area contributed by atoms with E-state index < -0.39 is 23.5 Å².